The van der Waals surface area contributed by atoms with Gasteiger partial charge >= 0.3 is 0 Å². The Bertz CT molecular complexity index is 403. The van der Waals surface area contributed by atoms with Crippen molar-refractivity contribution in [1.29, 1.82) is 0 Å². The molecule has 1 aromatic rings. The molecule has 2 rings (SSSR count). The van der Waals surface area contributed by atoms with Crippen molar-refractivity contribution in [1.82, 2.24) is 10.2 Å². The van der Waals surface area contributed by atoms with Crippen molar-refractivity contribution in [2.45, 2.75) is 38.3 Å². The number of aliphatic hydroxyl groups excluding tert-OH is 1. The Morgan fingerprint density at radius 3 is 2.45 bits per heavy atom. The minimum Gasteiger partial charge on any atom is -0.394 e. The van der Waals surface area contributed by atoms with Gasteiger partial charge in [0.05, 0.1) is 12.1 Å². The molecule has 0 bridgehead atoms. The number of nitrogens with one attached hydrogen (secondary N) is 1. The monoisotopic (exact) mass is 276 g/mol. The predicted octanol–water partition coefficient (Wildman–Crippen LogP) is 2.21. The summed E-state index contributed by atoms with van der Waals surface area (Å²) in [6.45, 7) is 6.47. The number of hydrogen-bond acceptors (Lipinski definition) is 3. The lowest BCUT2D eigenvalue weighted by atomic mass is 9.89. The smallest absolute Gasteiger partial charge is 0.0799 e. The van der Waals surface area contributed by atoms with Crippen molar-refractivity contribution >= 4 is 0 Å². The summed E-state index contributed by atoms with van der Waals surface area (Å²) in [4.78, 5) is 2.32. The summed E-state index contributed by atoms with van der Waals surface area (Å²) in [7, 11) is 2.14. The second-order valence-corrected chi connectivity index (χ2v) is 6.62. The highest BCUT2D eigenvalue weighted by Gasteiger charge is 2.38. The molecule has 0 aromatic heterocycles. The van der Waals surface area contributed by atoms with Crippen LogP contribution in [0.5, 0.6) is 0 Å². The van der Waals surface area contributed by atoms with E-state index in [4.69, 9.17) is 0 Å². The summed E-state index contributed by atoms with van der Waals surface area (Å²) >= 11 is 0. The average Bonchev–Trinajstić information content (AvgIpc) is 3.22. The van der Waals surface area contributed by atoms with E-state index in [1.807, 2.05) is 6.07 Å². The van der Waals surface area contributed by atoms with Gasteiger partial charge in [0, 0.05) is 19.1 Å². The third kappa shape index (κ3) is 4.05. The fourth-order valence-electron chi connectivity index (χ4n) is 2.93. The van der Waals surface area contributed by atoms with Gasteiger partial charge in [0.15, 0.2) is 0 Å². The van der Waals surface area contributed by atoms with Gasteiger partial charge in [0.1, 0.15) is 0 Å². The lowest BCUT2D eigenvalue weighted by Gasteiger charge is -2.38. The molecule has 2 N–H and O–H groups in total. The van der Waals surface area contributed by atoms with E-state index in [2.05, 4.69) is 55.4 Å². The number of rotatable bonds is 8. The highest BCUT2D eigenvalue weighted by Crippen LogP contribution is 2.29. The molecule has 1 aliphatic carbocycles. The summed E-state index contributed by atoms with van der Waals surface area (Å²) < 4.78 is 0. The van der Waals surface area contributed by atoms with Crippen LogP contribution in [-0.4, -0.2) is 42.8 Å². The Balaban J connectivity index is 2.18. The lowest BCUT2D eigenvalue weighted by Crippen LogP contribution is -2.54. The van der Waals surface area contributed by atoms with Crippen molar-refractivity contribution in [2.75, 3.05) is 26.7 Å². The van der Waals surface area contributed by atoms with Crippen molar-refractivity contribution in [3.8, 4) is 0 Å². The minimum atomic E-state index is -0.341. The van der Waals surface area contributed by atoms with E-state index >= 15 is 0 Å². The molecule has 1 aliphatic rings. The largest absolute Gasteiger partial charge is 0.394 e. The highest BCUT2D eigenvalue weighted by molar-refractivity contribution is 5.26. The molecule has 0 amide bonds. The molecule has 1 aromatic carbocycles. The maximum atomic E-state index is 10.1. The molecule has 1 unspecified atom stereocenters. The number of hydrogen-bond donors (Lipinski definition) is 2. The van der Waals surface area contributed by atoms with Crippen LogP contribution in [0.2, 0.25) is 0 Å². The number of nitrogens with zero attached hydrogens (tertiary/aromatic N) is 1. The first kappa shape index (κ1) is 15.5. The van der Waals surface area contributed by atoms with E-state index in [0.29, 0.717) is 12.0 Å². The Hall–Kier alpha value is -0.900. The summed E-state index contributed by atoms with van der Waals surface area (Å²) in [6.07, 6.45) is 2.45. The molecule has 20 heavy (non-hydrogen) atoms. The van der Waals surface area contributed by atoms with Gasteiger partial charge < -0.3 is 15.3 Å². The fraction of sp³-hybridized carbons (Fsp3) is 0.647. The quantitative estimate of drug-likeness (QED) is 0.764. The number of likely N-dealkylation sites (N-methyl/N-ethyl adjacent to an activating group) is 1. The van der Waals surface area contributed by atoms with E-state index in [0.717, 1.165) is 13.1 Å². The predicted molar refractivity (Wildman–Crippen MR) is 83.7 cm³/mol. The average molecular weight is 276 g/mol. The van der Waals surface area contributed by atoms with Crippen LogP contribution in [0.15, 0.2) is 30.3 Å². The molecule has 3 nitrogen and oxygen atoms in total. The molecule has 0 saturated heterocycles. The third-order valence-electron chi connectivity index (χ3n) is 3.87. The Morgan fingerprint density at radius 2 is 1.95 bits per heavy atom. The van der Waals surface area contributed by atoms with E-state index in [1.54, 1.807) is 0 Å². The van der Waals surface area contributed by atoms with E-state index in [9.17, 15) is 5.11 Å². The summed E-state index contributed by atoms with van der Waals surface area (Å²) in [6, 6.07) is 10.9. The van der Waals surface area contributed by atoms with Gasteiger partial charge in [-0.05, 0) is 31.4 Å². The molecule has 112 valence electrons. The minimum absolute atomic E-state index is 0.135. The van der Waals surface area contributed by atoms with Crippen LogP contribution in [0, 0.1) is 5.92 Å². The van der Waals surface area contributed by atoms with Crippen LogP contribution in [0.4, 0.5) is 0 Å². The molecule has 1 saturated carbocycles. The van der Waals surface area contributed by atoms with Gasteiger partial charge in [-0.15, -0.1) is 0 Å². The van der Waals surface area contributed by atoms with Crippen molar-refractivity contribution in [2.24, 2.45) is 5.92 Å². The summed E-state index contributed by atoms with van der Waals surface area (Å²) in [5.74, 6) is 0.632. The summed E-state index contributed by atoms with van der Waals surface area (Å²) in [5.41, 5.74) is 0.844. The van der Waals surface area contributed by atoms with Crippen molar-refractivity contribution in [3.63, 3.8) is 0 Å². The zero-order valence-corrected chi connectivity index (χ0v) is 13.0. The van der Waals surface area contributed by atoms with Crippen molar-refractivity contribution in [3.05, 3.63) is 35.9 Å². The van der Waals surface area contributed by atoms with E-state index < -0.39 is 0 Å². The van der Waals surface area contributed by atoms with E-state index in [1.165, 1.54) is 18.4 Å². The zero-order valence-electron chi connectivity index (χ0n) is 13.0. The first-order chi connectivity index (χ1) is 9.55. The first-order valence-electron chi connectivity index (χ1n) is 7.68. The molecular weight excluding hydrogens is 248 g/mol. The normalized spacial score (nSPS) is 18.5. The lowest BCUT2D eigenvalue weighted by molar-refractivity contribution is 0.111. The maximum absolute atomic E-state index is 10.1. The first-order valence-corrected chi connectivity index (χ1v) is 7.68. The van der Waals surface area contributed by atoms with Crippen LogP contribution < -0.4 is 5.32 Å². The standard InChI is InChI=1S/C17H28N2O/c1-14(2)11-19(3)12-17(13-20,18-16-9-10-16)15-7-5-4-6-8-15/h4-8,14,16,18,20H,9-13H2,1-3H3. The van der Waals surface area contributed by atoms with Gasteiger partial charge in [-0.25, -0.2) is 0 Å². The number of aliphatic hydroxyl groups is 1. The van der Waals surface area contributed by atoms with E-state index in [-0.39, 0.29) is 12.1 Å². The molecule has 1 atom stereocenters. The van der Waals surface area contributed by atoms with Gasteiger partial charge in [-0.1, -0.05) is 44.2 Å². The Kier molecular flexibility index (Phi) is 5.19. The molecule has 1 fully saturated rings. The molecule has 0 spiro atoms. The van der Waals surface area contributed by atoms with Gasteiger partial charge in [-0.2, -0.15) is 0 Å². The fourth-order valence-corrected chi connectivity index (χ4v) is 2.93. The van der Waals surface area contributed by atoms with Crippen LogP contribution in [0.1, 0.15) is 32.3 Å². The second-order valence-electron chi connectivity index (χ2n) is 6.62. The highest BCUT2D eigenvalue weighted by atomic mass is 16.3. The Morgan fingerprint density at radius 1 is 1.30 bits per heavy atom. The van der Waals surface area contributed by atoms with Crippen LogP contribution >= 0.6 is 0 Å². The molecule has 0 radical (unpaired) electrons. The van der Waals surface area contributed by atoms with Crippen molar-refractivity contribution < 1.29 is 5.11 Å². The number of benzene rings is 1. The van der Waals surface area contributed by atoms with Crippen LogP contribution in [-0.2, 0) is 5.54 Å². The van der Waals surface area contributed by atoms with Crippen LogP contribution in [0.25, 0.3) is 0 Å². The zero-order chi connectivity index (χ0) is 14.6. The third-order valence-corrected chi connectivity index (χ3v) is 3.87. The SMILES string of the molecule is CC(C)CN(C)CC(CO)(NC1CC1)c1ccccc1. The molecule has 0 heterocycles. The van der Waals surface area contributed by atoms with Gasteiger partial charge in [0.2, 0.25) is 0 Å². The van der Waals surface area contributed by atoms with Crippen LogP contribution in [0.3, 0.4) is 0 Å². The summed E-state index contributed by atoms with van der Waals surface area (Å²) in [5, 5.41) is 13.8. The Labute approximate surface area is 123 Å². The second kappa shape index (κ2) is 6.70. The molecular formula is C17H28N2O. The topological polar surface area (TPSA) is 35.5 Å². The molecule has 3 heteroatoms. The molecule has 0 aliphatic heterocycles. The maximum Gasteiger partial charge on any atom is 0.0799 e. The van der Waals surface area contributed by atoms with Gasteiger partial charge in [0.25, 0.3) is 0 Å². The van der Waals surface area contributed by atoms with Gasteiger partial charge in [-0.3, -0.25) is 0 Å².